The molecule has 0 aromatic rings. The molecule has 106 valence electrons. The molecule has 0 aromatic heterocycles. The van der Waals surface area contributed by atoms with Gasteiger partial charge < -0.3 is 15.8 Å². The highest BCUT2D eigenvalue weighted by Gasteiger charge is 2.43. The SMILES string of the molecule is COC(=O)C1(NC(=O)CCN)CCC(C)CC1.Cl. The lowest BCUT2D eigenvalue weighted by Crippen LogP contribution is -2.57. The summed E-state index contributed by atoms with van der Waals surface area (Å²) in [7, 11) is 1.36. The summed E-state index contributed by atoms with van der Waals surface area (Å²) in [5.41, 5.74) is 4.51. The van der Waals surface area contributed by atoms with Crippen LogP contribution in [0.3, 0.4) is 0 Å². The normalized spacial score (nSPS) is 26.9. The summed E-state index contributed by atoms with van der Waals surface area (Å²) in [6.07, 6.45) is 3.40. The van der Waals surface area contributed by atoms with Gasteiger partial charge in [-0.15, -0.1) is 12.4 Å². The molecule has 1 aliphatic carbocycles. The molecule has 0 aromatic carbocycles. The highest BCUT2D eigenvalue weighted by molar-refractivity contribution is 5.88. The molecule has 18 heavy (non-hydrogen) atoms. The van der Waals surface area contributed by atoms with Crippen molar-refractivity contribution in [2.24, 2.45) is 11.7 Å². The number of carbonyl (C=O) groups excluding carboxylic acids is 2. The van der Waals surface area contributed by atoms with Crippen LogP contribution in [0.1, 0.15) is 39.0 Å². The van der Waals surface area contributed by atoms with Gasteiger partial charge in [-0.05, 0) is 31.6 Å². The molecule has 5 nitrogen and oxygen atoms in total. The third-order valence-electron chi connectivity index (χ3n) is 3.45. The van der Waals surface area contributed by atoms with E-state index in [0.29, 0.717) is 25.3 Å². The van der Waals surface area contributed by atoms with Gasteiger partial charge in [-0.2, -0.15) is 0 Å². The molecule has 1 fully saturated rings. The van der Waals surface area contributed by atoms with E-state index < -0.39 is 5.54 Å². The number of hydrogen-bond donors (Lipinski definition) is 2. The molecule has 1 rings (SSSR count). The second-order valence-electron chi connectivity index (χ2n) is 4.84. The topological polar surface area (TPSA) is 81.4 Å². The fraction of sp³-hybridized carbons (Fsp3) is 0.833. The Labute approximate surface area is 114 Å². The second kappa shape index (κ2) is 7.59. The zero-order valence-electron chi connectivity index (χ0n) is 11.0. The summed E-state index contributed by atoms with van der Waals surface area (Å²) in [5, 5.41) is 2.81. The van der Waals surface area contributed by atoms with Gasteiger partial charge >= 0.3 is 5.97 Å². The third-order valence-corrected chi connectivity index (χ3v) is 3.45. The molecule has 0 spiro atoms. The van der Waals surface area contributed by atoms with Crippen molar-refractivity contribution in [3.63, 3.8) is 0 Å². The van der Waals surface area contributed by atoms with Crippen LogP contribution in [0.4, 0.5) is 0 Å². The second-order valence-corrected chi connectivity index (χ2v) is 4.84. The van der Waals surface area contributed by atoms with Gasteiger partial charge in [0.15, 0.2) is 0 Å². The zero-order valence-corrected chi connectivity index (χ0v) is 11.8. The van der Waals surface area contributed by atoms with Crippen LogP contribution >= 0.6 is 12.4 Å². The molecule has 6 heteroatoms. The molecule has 0 atom stereocenters. The Morgan fingerprint density at radius 2 is 1.94 bits per heavy atom. The van der Waals surface area contributed by atoms with Gasteiger partial charge in [-0.3, -0.25) is 4.79 Å². The molecule has 1 amide bonds. The Morgan fingerprint density at radius 3 is 2.39 bits per heavy atom. The van der Waals surface area contributed by atoms with Gasteiger partial charge in [0.1, 0.15) is 5.54 Å². The van der Waals surface area contributed by atoms with Crippen molar-refractivity contribution in [2.45, 2.75) is 44.6 Å². The first kappa shape index (κ1) is 17.2. The minimum Gasteiger partial charge on any atom is -0.467 e. The average Bonchev–Trinajstić information content (AvgIpc) is 2.31. The van der Waals surface area contributed by atoms with Gasteiger partial charge in [0.05, 0.1) is 7.11 Å². The van der Waals surface area contributed by atoms with E-state index in [-0.39, 0.29) is 30.7 Å². The lowest BCUT2D eigenvalue weighted by molar-refractivity contribution is -0.153. The van der Waals surface area contributed by atoms with Crippen LogP contribution in [-0.2, 0) is 14.3 Å². The van der Waals surface area contributed by atoms with Gasteiger partial charge in [-0.25, -0.2) is 4.79 Å². The smallest absolute Gasteiger partial charge is 0.331 e. The summed E-state index contributed by atoms with van der Waals surface area (Å²) in [5.74, 6) is 0.0846. The molecule has 1 aliphatic rings. The molecular formula is C12H23ClN2O3. The number of nitrogens with one attached hydrogen (secondary N) is 1. The number of carbonyl (C=O) groups is 2. The third kappa shape index (κ3) is 4.14. The lowest BCUT2D eigenvalue weighted by atomic mass is 9.77. The van der Waals surface area contributed by atoms with Crippen molar-refractivity contribution >= 4 is 24.3 Å². The number of methoxy groups -OCH3 is 1. The lowest BCUT2D eigenvalue weighted by Gasteiger charge is -2.37. The first-order valence-electron chi connectivity index (χ1n) is 6.13. The van der Waals surface area contributed by atoms with Crippen LogP contribution in [0.15, 0.2) is 0 Å². The maximum Gasteiger partial charge on any atom is 0.331 e. The fourth-order valence-electron chi connectivity index (χ4n) is 2.29. The molecule has 0 radical (unpaired) electrons. The Morgan fingerprint density at radius 1 is 1.39 bits per heavy atom. The first-order chi connectivity index (χ1) is 8.04. The van der Waals surface area contributed by atoms with E-state index in [1.165, 1.54) is 7.11 Å². The number of halogens is 1. The van der Waals surface area contributed by atoms with Crippen molar-refractivity contribution in [2.75, 3.05) is 13.7 Å². The Kier molecular flexibility index (Phi) is 7.25. The zero-order chi connectivity index (χ0) is 12.9. The highest BCUT2D eigenvalue weighted by atomic mass is 35.5. The van der Waals surface area contributed by atoms with E-state index in [2.05, 4.69) is 12.2 Å². The van der Waals surface area contributed by atoms with E-state index in [9.17, 15) is 9.59 Å². The maximum atomic E-state index is 11.9. The van der Waals surface area contributed by atoms with Crippen LogP contribution in [0.5, 0.6) is 0 Å². The molecule has 0 heterocycles. The van der Waals surface area contributed by atoms with Gasteiger partial charge in [0.2, 0.25) is 5.91 Å². The van der Waals surface area contributed by atoms with Gasteiger partial charge in [0.25, 0.3) is 0 Å². The van der Waals surface area contributed by atoms with E-state index >= 15 is 0 Å². The summed E-state index contributed by atoms with van der Waals surface area (Å²) in [6, 6.07) is 0. The molecule has 1 saturated carbocycles. The number of esters is 1. The van der Waals surface area contributed by atoms with Crippen LogP contribution in [0.2, 0.25) is 0 Å². The predicted octanol–water partition coefficient (Wildman–Crippen LogP) is 0.995. The van der Waals surface area contributed by atoms with Crippen molar-refractivity contribution in [3.05, 3.63) is 0 Å². The van der Waals surface area contributed by atoms with Crippen molar-refractivity contribution in [1.29, 1.82) is 0 Å². The van der Waals surface area contributed by atoms with Gasteiger partial charge in [0, 0.05) is 13.0 Å². The van der Waals surface area contributed by atoms with E-state index in [0.717, 1.165) is 12.8 Å². The summed E-state index contributed by atoms with van der Waals surface area (Å²) in [6.45, 7) is 2.45. The fourth-order valence-corrected chi connectivity index (χ4v) is 2.29. The first-order valence-corrected chi connectivity index (χ1v) is 6.13. The number of amides is 1. The van der Waals surface area contributed by atoms with E-state index in [4.69, 9.17) is 10.5 Å². The minimum atomic E-state index is -0.826. The quantitative estimate of drug-likeness (QED) is 0.752. The summed E-state index contributed by atoms with van der Waals surface area (Å²) >= 11 is 0. The summed E-state index contributed by atoms with van der Waals surface area (Å²) < 4.78 is 4.82. The molecule has 3 N–H and O–H groups in total. The van der Waals surface area contributed by atoms with E-state index in [1.54, 1.807) is 0 Å². The van der Waals surface area contributed by atoms with Crippen molar-refractivity contribution in [3.8, 4) is 0 Å². The Hall–Kier alpha value is -0.810. The predicted molar refractivity (Wildman–Crippen MR) is 71.4 cm³/mol. The van der Waals surface area contributed by atoms with E-state index in [1.807, 2.05) is 0 Å². The van der Waals surface area contributed by atoms with Crippen LogP contribution < -0.4 is 11.1 Å². The average molecular weight is 279 g/mol. The number of ether oxygens (including phenoxy) is 1. The minimum absolute atomic E-state index is 0. The molecule has 0 aliphatic heterocycles. The molecule has 0 saturated heterocycles. The highest BCUT2D eigenvalue weighted by Crippen LogP contribution is 2.32. The Balaban J connectivity index is 0.00000289. The number of rotatable bonds is 4. The van der Waals surface area contributed by atoms with Crippen LogP contribution in [0, 0.1) is 5.92 Å². The van der Waals surface area contributed by atoms with Gasteiger partial charge in [-0.1, -0.05) is 6.92 Å². The standard InChI is InChI=1S/C12H22N2O3.ClH/c1-9-3-6-12(7-4-9,11(16)17-2)14-10(15)5-8-13;/h9H,3-8,13H2,1-2H3,(H,14,15);1H. The maximum absolute atomic E-state index is 11.9. The molecular weight excluding hydrogens is 256 g/mol. The Bertz CT molecular complexity index is 289. The summed E-state index contributed by atoms with van der Waals surface area (Å²) in [4.78, 5) is 23.5. The molecule has 0 bridgehead atoms. The monoisotopic (exact) mass is 278 g/mol. The molecule has 0 unspecified atom stereocenters. The van der Waals surface area contributed by atoms with Crippen LogP contribution in [0.25, 0.3) is 0 Å². The van der Waals surface area contributed by atoms with Crippen molar-refractivity contribution in [1.82, 2.24) is 5.32 Å². The number of nitrogens with two attached hydrogens (primary N) is 1. The van der Waals surface area contributed by atoms with Crippen LogP contribution in [-0.4, -0.2) is 31.1 Å². The van der Waals surface area contributed by atoms with Crippen molar-refractivity contribution < 1.29 is 14.3 Å². The number of hydrogen-bond acceptors (Lipinski definition) is 4. The largest absolute Gasteiger partial charge is 0.467 e.